The minimum atomic E-state index is -0.103. The van der Waals surface area contributed by atoms with Gasteiger partial charge in [-0.2, -0.15) is 0 Å². The molecule has 17 heavy (non-hydrogen) atoms. The van der Waals surface area contributed by atoms with E-state index in [1.807, 2.05) is 24.3 Å². The Bertz CT molecular complexity index is 369. The van der Waals surface area contributed by atoms with Crippen LogP contribution in [0.4, 0.5) is 0 Å². The average Bonchev–Trinajstić information content (AvgIpc) is 2.38. The normalized spacial score (nSPS) is 9.82. The van der Waals surface area contributed by atoms with Crippen molar-refractivity contribution >= 4 is 5.91 Å². The molecule has 0 spiro atoms. The summed E-state index contributed by atoms with van der Waals surface area (Å²) in [6, 6.07) is 7.38. The van der Waals surface area contributed by atoms with Crippen LogP contribution in [0.1, 0.15) is 0 Å². The van der Waals surface area contributed by atoms with Crippen LogP contribution in [0.2, 0.25) is 0 Å². The Kier molecular flexibility index (Phi) is 5.29. The van der Waals surface area contributed by atoms with Crippen LogP contribution in [-0.2, 0) is 4.79 Å². The van der Waals surface area contributed by atoms with Gasteiger partial charge in [-0.3, -0.25) is 4.79 Å². The minimum Gasteiger partial charge on any atom is -0.493 e. The van der Waals surface area contributed by atoms with Gasteiger partial charge in [-0.15, -0.1) is 0 Å². The van der Waals surface area contributed by atoms with Crippen LogP contribution in [0, 0.1) is 0 Å². The molecule has 1 rings (SSSR count). The van der Waals surface area contributed by atoms with Gasteiger partial charge in [0.25, 0.3) is 0 Å². The standard InChI is InChI=1S/C12H18N2O3/c1-14(12(15)9-13)7-8-17-11-6-4-3-5-10(11)16-2/h3-6H,7-9,13H2,1-2H3. The molecule has 0 saturated heterocycles. The number of hydrogen-bond donors (Lipinski definition) is 1. The molecule has 94 valence electrons. The fourth-order valence-electron chi connectivity index (χ4n) is 1.31. The van der Waals surface area contributed by atoms with Gasteiger partial charge in [-0.05, 0) is 12.1 Å². The molecule has 0 atom stereocenters. The zero-order chi connectivity index (χ0) is 12.7. The molecule has 1 amide bonds. The first-order chi connectivity index (χ1) is 8.19. The van der Waals surface area contributed by atoms with Gasteiger partial charge in [0.2, 0.25) is 5.91 Å². The topological polar surface area (TPSA) is 64.8 Å². The van der Waals surface area contributed by atoms with E-state index in [0.717, 1.165) is 0 Å². The van der Waals surface area contributed by atoms with Crippen LogP contribution in [0.3, 0.4) is 0 Å². The van der Waals surface area contributed by atoms with Crippen molar-refractivity contribution in [3.05, 3.63) is 24.3 Å². The van der Waals surface area contributed by atoms with Gasteiger partial charge in [0.15, 0.2) is 11.5 Å². The lowest BCUT2D eigenvalue weighted by Crippen LogP contribution is -2.35. The van der Waals surface area contributed by atoms with Gasteiger partial charge in [0.1, 0.15) is 6.61 Å². The summed E-state index contributed by atoms with van der Waals surface area (Å²) in [7, 11) is 3.28. The van der Waals surface area contributed by atoms with Crippen molar-refractivity contribution in [3.8, 4) is 11.5 Å². The second-order valence-electron chi connectivity index (χ2n) is 3.52. The quantitative estimate of drug-likeness (QED) is 0.783. The number of carbonyl (C=O) groups is 1. The molecule has 0 bridgehead atoms. The summed E-state index contributed by atoms with van der Waals surface area (Å²) in [5.41, 5.74) is 5.25. The van der Waals surface area contributed by atoms with E-state index in [9.17, 15) is 4.79 Å². The van der Waals surface area contributed by atoms with Gasteiger partial charge in [-0.1, -0.05) is 12.1 Å². The summed E-state index contributed by atoms with van der Waals surface area (Å²) in [5, 5.41) is 0. The minimum absolute atomic E-state index is 0.0190. The highest BCUT2D eigenvalue weighted by atomic mass is 16.5. The zero-order valence-electron chi connectivity index (χ0n) is 10.2. The van der Waals surface area contributed by atoms with Crippen LogP contribution in [0.5, 0.6) is 11.5 Å². The number of methoxy groups -OCH3 is 1. The van der Waals surface area contributed by atoms with Crippen LogP contribution >= 0.6 is 0 Å². The lowest BCUT2D eigenvalue weighted by molar-refractivity contribution is -0.128. The maximum atomic E-state index is 11.2. The molecule has 0 aliphatic rings. The lowest BCUT2D eigenvalue weighted by Gasteiger charge is -2.17. The van der Waals surface area contributed by atoms with Crippen LogP contribution in [0.15, 0.2) is 24.3 Å². The molecule has 0 fully saturated rings. The van der Waals surface area contributed by atoms with Crippen molar-refractivity contribution in [1.29, 1.82) is 0 Å². The summed E-state index contributed by atoms with van der Waals surface area (Å²) in [4.78, 5) is 12.7. The van der Waals surface area contributed by atoms with Gasteiger partial charge in [-0.25, -0.2) is 0 Å². The first kappa shape index (κ1) is 13.3. The maximum Gasteiger partial charge on any atom is 0.236 e. The van der Waals surface area contributed by atoms with Gasteiger partial charge in [0.05, 0.1) is 20.2 Å². The number of nitrogens with two attached hydrogens (primary N) is 1. The molecule has 0 radical (unpaired) electrons. The number of rotatable bonds is 6. The van der Waals surface area contributed by atoms with E-state index in [2.05, 4.69) is 0 Å². The van der Waals surface area contributed by atoms with Crippen molar-refractivity contribution in [2.24, 2.45) is 5.73 Å². The smallest absolute Gasteiger partial charge is 0.236 e. The Morgan fingerprint density at radius 2 is 2.00 bits per heavy atom. The molecule has 0 unspecified atom stereocenters. The maximum absolute atomic E-state index is 11.2. The third-order valence-electron chi connectivity index (χ3n) is 2.35. The second kappa shape index (κ2) is 6.75. The molecular formula is C12H18N2O3. The van der Waals surface area contributed by atoms with Gasteiger partial charge < -0.3 is 20.1 Å². The summed E-state index contributed by atoms with van der Waals surface area (Å²) in [5.74, 6) is 1.25. The van der Waals surface area contributed by atoms with E-state index in [1.165, 1.54) is 4.90 Å². The highest BCUT2D eigenvalue weighted by Crippen LogP contribution is 2.25. The number of ether oxygens (including phenoxy) is 2. The van der Waals surface area contributed by atoms with Crippen LogP contribution < -0.4 is 15.2 Å². The third-order valence-corrected chi connectivity index (χ3v) is 2.35. The van der Waals surface area contributed by atoms with E-state index >= 15 is 0 Å². The highest BCUT2D eigenvalue weighted by molar-refractivity contribution is 5.77. The summed E-state index contributed by atoms with van der Waals surface area (Å²) in [6.07, 6.45) is 0. The predicted molar refractivity (Wildman–Crippen MR) is 65.2 cm³/mol. The Morgan fingerprint density at radius 1 is 1.35 bits per heavy atom. The predicted octanol–water partition coefficient (Wildman–Crippen LogP) is 0.491. The Hall–Kier alpha value is -1.75. The molecule has 1 aromatic carbocycles. The first-order valence-corrected chi connectivity index (χ1v) is 5.39. The van der Waals surface area contributed by atoms with E-state index < -0.39 is 0 Å². The summed E-state index contributed by atoms with van der Waals surface area (Å²) >= 11 is 0. The van der Waals surface area contributed by atoms with Crippen molar-refractivity contribution in [2.45, 2.75) is 0 Å². The van der Waals surface area contributed by atoms with Crippen molar-refractivity contribution in [3.63, 3.8) is 0 Å². The van der Waals surface area contributed by atoms with Crippen molar-refractivity contribution < 1.29 is 14.3 Å². The number of carbonyl (C=O) groups excluding carboxylic acids is 1. The SMILES string of the molecule is COc1ccccc1OCCN(C)C(=O)CN. The number of likely N-dealkylation sites (N-methyl/N-ethyl adjacent to an activating group) is 1. The third kappa shape index (κ3) is 3.96. The number of nitrogens with zero attached hydrogens (tertiary/aromatic N) is 1. The molecule has 5 nitrogen and oxygen atoms in total. The molecule has 0 heterocycles. The zero-order valence-corrected chi connectivity index (χ0v) is 10.2. The van der Waals surface area contributed by atoms with Crippen LogP contribution in [0.25, 0.3) is 0 Å². The molecule has 0 aliphatic heterocycles. The Labute approximate surface area is 101 Å². The number of para-hydroxylation sites is 2. The highest BCUT2D eigenvalue weighted by Gasteiger charge is 2.07. The van der Waals surface area contributed by atoms with E-state index in [1.54, 1.807) is 14.2 Å². The van der Waals surface area contributed by atoms with Crippen molar-refractivity contribution in [1.82, 2.24) is 4.90 Å². The summed E-state index contributed by atoms with van der Waals surface area (Å²) in [6.45, 7) is 0.919. The number of benzene rings is 1. The van der Waals surface area contributed by atoms with E-state index in [4.69, 9.17) is 15.2 Å². The average molecular weight is 238 g/mol. The van der Waals surface area contributed by atoms with Crippen LogP contribution in [-0.4, -0.2) is 44.7 Å². The second-order valence-corrected chi connectivity index (χ2v) is 3.52. The number of amides is 1. The largest absolute Gasteiger partial charge is 0.493 e. The molecule has 5 heteroatoms. The first-order valence-electron chi connectivity index (χ1n) is 5.39. The van der Waals surface area contributed by atoms with Gasteiger partial charge in [0, 0.05) is 7.05 Å². The molecule has 1 aromatic rings. The lowest BCUT2D eigenvalue weighted by atomic mass is 10.3. The molecular weight excluding hydrogens is 220 g/mol. The fraction of sp³-hybridized carbons (Fsp3) is 0.417. The summed E-state index contributed by atoms with van der Waals surface area (Å²) < 4.78 is 10.7. The molecule has 2 N–H and O–H groups in total. The van der Waals surface area contributed by atoms with E-state index in [-0.39, 0.29) is 12.5 Å². The Morgan fingerprint density at radius 3 is 2.59 bits per heavy atom. The monoisotopic (exact) mass is 238 g/mol. The molecule has 0 saturated carbocycles. The number of hydrogen-bond acceptors (Lipinski definition) is 4. The van der Waals surface area contributed by atoms with Crippen molar-refractivity contribution in [2.75, 3.05) is 33.9 Å². The van der Waals surface area contributed by atoms with Gasteiger partial charge >= 0.3 is 0 Å². The fourth-order valence-corrected chi connectivity index (χ4v) is 1.31. The Balaban J connectivity index is 2.43. The van der Waals surface area contributed by atoms with E-state index in [0.29, 0.717) is 24.7 Å². The molecule has 0 aliphatic carbocycles. The molecule has 0 aromatic heterocycles.